The molecular weight excluding hydrogens is 371 g/mol. The van der Waals surface area contributed by atoms with E-state index in [4.69, 9.17) is 0 Å². The zero-order valence-corrected chi connectivity index (χ0v) is 15.1. The number of halogens is 3. The van der Waals surface area contributed by atoms with Gasteiger partial charge in [-0.25, -0.2) is 0 Å². The van der Waals surface area contributed by atoms with Gasteiger partial charge in [0.1, 0.15) is 5.56 Å². The summed E-state index contributed by atoms with van der Waals surface area (Å²) in [5, 5.41) is -0.161. The average molecular weight is 389 g/mol. The van der Waals surface area contributed by atoms with E-state index in [0.29, 0.717) is 19.5 Å². The standard InChI is InChI=1S/C20H18F3N3O2/c1-2-26(10-7-13-5-8-24-9-6-13)19(28)16-12-25-17-4-3-14(20(21,22)23)11-15(17)18(16)27/h3-6,8-9,11-12H,2,7,10H2,1H3,(H,25,27). The molecule has 28 heavy (non-hydrogen) atoms. The minimum absolute atomic E-state index is 0.161. The molecule has 5 nitrogen and oxygen atoms in total. The maximum Gasteiger partial charge on any atom is 0.416 e. The van der Waals surface area contributed by atoms with Gasteiger partial charge in [-0.2, -0.15) is 13.2 Å². The van der Waals surface area contributed by atoms with Crippen LogP contribution in [0.2, 0.25) is 0 Å². The van der Waals surface area contributed by atoms with Crippen LogP contribution in [0.3, 0.4) is 0 Å². The number of nitrogens with zero attached hydrogens (tertiary/aromatic N) is 2. The number of hydrogen-bond acceptors (Lipinski definition) is 3. The number of aromatic amines is 1. The zero-order chi connectivity index (χ0) is 20.3. The first kappa shape index (κ1) is 19.6. The first-order chi connectivity index (χ1) is 13.3. The highest BCUT2D eigenvalue weighted by Gasteiger charge is 2.31. The Balaban J connectivity index is 1.91. The van der Waals surface area contributed by atoms with Crippen LogP contribution in [-0.4, -0.2) is 33.9 Å². The third-order valence-corrected chi connectivity index (χ3v) is 4.53. The van der Waals surface area contributed by atoms with Gasteiger partial charge < -0.3 is 9.88 Å². The van der Waals surface area contributed by atoms with E-state index in [1.807, 2.05) is 12.1 Å². The molecule has 0 radical (unpaired) electrons. The van der Waals surface area contributed by atoms with Gasteiger partial charge in [-0.05, 0) is 49.2 Å². The molecule has 1 amide bonds. The van der Waals surface area contributed by atoms with E-state index in [0.717, 1.165) is 17.7 Å². The number of carbonyl (C=O) groups is 1. The summed E-state index contributed by atoms with van der Waals surface area (Å²) in [6, 6.07) is 6.53. The highest BCUT2D eigenvalue weighted by Crippen LogP contribution is 2.30. The van der Waals surface area contributed by atoms with E-state index in [1.165, 1.54) is 17.2 Å². The molecule has 0 saturated carbocycles. The molecule has 1 aromatic carbocycles. The lowest BCUT2D eigenvalue weighted by Gasteiger charge is -2.21. The van der Waals surface area contributed by atoms with Crippen LogP contribution in [-0.2, 0) is 12.6 Å². The molecule has 0 saturated heterocycles. The molecule has 0 atom stereocenters. The number of nitrogens with one attached hydrogen (secondary N) is 1. The summed E-state index contributed by atoms with van der Waals surface area (Å²) in [6.07, 6.45) is 0.571. The highest BCUT2D eigenvalue weighted by atomic mass is 19.4. The zero-order valence-electron chi connectivity index (χ0n) is 15.1. The molecule has 0 aliphatic heterocycles. The van der Waals surface area contributed by atoms with Gasteiger partial charge in [0.05, 0.1) is 5.56 Å². The summed E-state index contributed by atoms with van der Waals surface area (Å²) in [5.74, 6) is -0.517. The maximum absolute atomic E-state index is 13.0. The van der Waals surface area contributed by atoms with Crippen LogP contribution in [0, 0.1) is 0 Å². The van der Waals surface area contributed by atoms with E-state index < -0.39 is 23.1 Å². The molecule has 0 unspecified atom stereocenters. The Morgan fingerprint density at radius 1 is 1.18 bits per heavy atom. The number of benzene rings is 1. The third kappa shape index (κ3) is 4.05. The van der Waals surface area contributed by atoms with Crippen molar-refractivity contribution in [1.29, 1.82) is 0 Å². The van der Waals surface area contributed by atoms with Crippen LogP contribution in [0.15, 0.2) is 53.7 Å². The number of pyridine rings is 2. The van der Waals surface area contributed by atoms with E-state index in [9.17, 15) is 22.8 Å². The van der Waals surface area contributed by atoms with E-state index in [-0.39, 0.29) is 16.5 Å². The summed E-state index contributed by atoms with van der Waals surface area (Å²) in [7, 11) is 0. The molecule has 3 aromatic rings. The van der Waals surface area contributed by atoms with Crippen LogP contribution in [0.5, 0.6) is 0 Å². The van der Waals surface area contributed by atoms with E-state index in [2.05, 4.69) is 9.97 Å². The van der Waals surface area contributed by atoms with E-state index >= 15 is 0 Å². The Morgan fingerprint density at radius 3 is 2.54 bits per heavy atom. The molecule has 0 aliphatic rings. The number of alkyl halides is 3. The molecule has 0 spiro atoms. The SMILES string of the molecule is CCN(CCc1ccncc1)C(=O)c1c[nH]c2ccc(C(F)(F)F)cc2c1=O. The van der Waals surface area contributed by atoms with Gasteiger partial charge >= 0.3 is 6.18 Å². The molecular formula is C20H18F3N3O2. The van der Waals surface area contributed by atoms with Crippen LogP contribution in [0.25, 0.3) is 10.9 Å². The molecule has 3 rings (SSSR count). The molecule has 2 aromatic heterocycles. The normalized spacial score (nSPS) is 11.6. The van der Waals surface area contributed by atoms with Crippen molar-refractivity contribution in [2.45, 2.75) is 19.5 Å². The Kier molecular flexibility index (Phi) is 5.48. The minimum Gasteiger partial charge on any atom is -0.360 e. The minimum atomic E-state index is -4.57. The van der Waals surface area contributed by atoms with Gasteiger partial charge in [-0.15, -0.1) is 0 Å². The molecule has 0 fully saturated rings. The van der Waals surface area contributed by atoms with Gasteiger partial charge in [0, 0.05) is 42.6 Å². The third-order valence-electron chi connectivity index (χ3n) is 4.53. The lowest BCUT2D eigenvalue weighted by atomic mass is 10.1. The largest absolute Gasteiger partial charge is 0.416 e. The van der Waals surface area contributed by atoms with Crippen LogP contribution in [0.4, 0.5) is 13.2 Å². The lowest BCUT2D eigenvalue weighted by molar-refractivity contribution is -0.137. The Hall–Kier alpha value is -3.16. The summed E-state index contributed by atoms with van der Waals surface area (Å²) in [6.45, 7) is 2.52. The number of fused-ring (bicyclic) bond motifs is 1. The van der Waals surface area contributed by atoms with Crippen molar-refractivity contribution in [2.75, 3.05) is 13.1 Å². The van der Waals surface area contributed by atoms with Crippen LogP contribution in [0.1, 0.15) is 28.4 Å². The number of rotatable bonds is 5. The molecule has 8 heteroatoms. The van der Waals surface area contributed by atoms with Gasteiger partial charge in [0.2, 0.25) is 5.43 Å². The van der Waals surface area contributed by atoms with Gasteiger partial charge in [-0.1, -0.05) is 0 Å². The number of H-pyrrole nitrogens is 1. The molecule has 146 valence electrons. The quantitative estimate of drug-likeness (QED) is 0.725. The Morgan fingerprint density at radius 2 is 1.89 bits per heavy atom. The predicted molar refractivity (Wildman–Crippen MR) is 99.1 cm³/mol. The fourth-order valence-electron chi connectivity index (χ4n) is 2.94. The maximum atomic E-state index is 13.0. The summed E-state index contributed by atoms with van der Waals surface area (Å²) in [4.78, 5) is 33.7. The smallest absolute Gasteiger partial charge is 0.360 e. The molecule has 2 heterocycles. The van der Waals surface area contributed by atoms with Crippen molar-refractivity contribution in [3.63, 3.8) is 0 Å². The number of hydrogen-bond donors (Lipinski definition) is 1. The number of aromatic nitrogens is 2. The molecule has 1 N–H and O–H groups in total. The molecule has 0 aliphatic carbocycles. The molecule has 0 bridgehead atoms. The second kappa shape index (κ2) is 7.84. The topological polar surface area (TPSA) is 66.1 Å². The average Bonchev–Trinajstić information content (AvgIpc) is 2.68. The first-order valence-corrected chi connectivity index (χ1v) is 8.72. The number of carbonyl (C=O) groups excluding carboxylic acids is 1. The monoisotopic (exact) mass is 389 g/mol. The van der Waals surface area contributed by atoms with Crippen molar-refractivity contribution in [3.8, 4) is 0 Å². The second-order valence-corrected chi connectivity index (χ2v) is 6.28. The second-order valence-electron chi connectivity index (χ2n) is 6.28. The fourth-order valence-corrected chi connectivity index (χ4v) is 2.94. The summed E-state index contributed by atoms with van der Waals surface area (Å²) < 4.78 is 38.9. The van der Waals surface area contributed by atoms with Crippen molar-refractivity contribution in [2.24, 2.45) is 0 Å². The van der Waals surface area contributed by atoms with Gasteiger partial charge in [0.25, 0.3) is 5.91 Å². The fraction of sp³-hybridized carbons (Fsp3) is 0.250. The summed E-state index contributed by atoms with van der Waals surface area (Å²) in [5.41, 5.74) is -0.589. The predicted octanol–water partition coefficient (Wildman–Crippen LogP) is 3.65. The Bertz CT molecular complexity index is 1050. The van der Waals surface area contributed by atoms with Crippen LogP contribution >= 0.6 is 0 Å². The van der Waals surface area contributed by atoms with Crippen molar-refractivity contribution >= 4 is 16.8 Å². The Labute approximate surface area is 158 Å². The van der Waals surface area contributed by atoms with Crippen LogP contribution < -0.4 is 5.43 Å². The van der Waals surface area contributed by atoms with Crippen molar-refractivity contribution < 1.29 is 18.0 Å². The summed E-state index contributed by atoms with van der Waals surface area (Å²) >= 11 is 0. The van der Waals surface area contributed by atoms with E-state index in [1.54, 1.807) is 19.3 Å². The lowest BCUT2D eigenvalue weighted by Crippen LogP contribution is -2.35. The van der Waals surface area contributed by atoms with Gasteiger partial charge in [-0.3, -0.25) is 14.6 Å². The number of amides is 1. The van der Waals surface area contributed by atoms with Crippen molar-refractivity contribution in [3.05, 3.63) is 75.8 Å². The van der Waals surface area contributed by atoms with Gasteiger partial charge in [0.15, 0.2) is 0 Å². The number of likely N-dealkylation sites (N-methyl/N-ethyl adjacent to an activating group) is 1. The van der Waals surface area contributed by atoms with Crippen molar-refractivity contribution in [1.82, 2.24) is 14.9 Å². The highest BCUT2D eigenvalue weighted by molar-refractivity contribution is 5.97. The first-order valence-electron chi connectivity index (χ1n) is 8.72.